The van der Waals surface area contributed by atoms with E-state index in [0.29, 0.717) is 5.69 Å². The number of nitrogens with zero attached hydrogens (tertiary/aromatic N) is 1. The Balaban J connectivity index is 2.37. The summed E-state index contributed by atoms with van der Waals surface area (Å²) in [5, 5.41) is 11.7. The number of ether oxygens (including phenoxy) is 1. The van der Waals surface area contributed by atoms with E-state index in [1.54, 1.807) is 7.11 Å². The van der Waals surface area contributed by atoms with Gasteiger partial charge in [-0.3, -0.25) is 0 Å². The van der Waals surface area contributed by atoms with Gasteiger partial charge in [-0.25, -0.2) is 4.98 Å². The van der Waals surface area contributed by atoms with Gasteiger partial charge in [0.25, 0.3) is 0 Å². The van der Waals surface area contributed by atoms with Gasteiger partial charge < -0.3 is 9.84 Å². The van der Waals surface area contributed by atoms with Crippen LogP contribution in [-0.2, 0) is 6.61 Å². The summed E-state index contributed by atoms with van der Waals surface area (Å²) in [4.78, 5) is 4.30. The third-order valence-corrected chi connectivity index (χ3v) is 3.67. The first-order valence-corrected chi connectivity index (χ1v) is 6.31. The maximum absolute atomic E-state index is 8.95. The van der Waals surface area contributed by atoms with Crippen molar-refractivity contribution in [1.29, 1.82) is 0 Å². The molecule has 3 nitrogen and oxygen atoms in total. The number of halogens is 1. The summed E-state index contributed by atoms with van der Waals surface area (Å²) in [6.07, 6.45) is 0. The van der Waals surface area contributed by atoms with Crippen LogP contribution in [0.4, 0.5) is 0 Å². The molecule has 0 amide bonds. The van der Waals surface area contributed by atoms with Gasteiger partial charge in [-0.05, 0) is 34.1 Å². The lowest BCUT2D eigenvalue weighted by Crippen LogP contribution is -1.86. The number of aliphatic hydroxyl groups excluding tert-OH is 1. The van der Waals surface area contributed by atoms with E-state index >= 15 is 0 Å². The molecule has 0 unspecified atom stereocenters. The van der Waals surface area contributed by atoms with Crippen molar-refractivity contribution in [3.05, 3.63) is 33.7 Å². The van der Waals surface area contributed by atoms with Crippen LogP contribution in [-0.4, -0.2) is 17.2 Å². The van der Waals surface area contributed by atoms with Crippen molar-refractivity contribution < 1.29 is 9.84 Å². The van der Waals surface area contributed by atoms with Crippen molar-refractivity contribution in [2.24, 2.45) is 0 Å². The summed E-state index contributed by atoms with van der Waals surface area (Å²) >= 11 is 4.95. The molecule has 1 aromatic heterocycles. The Morgan fingerprint density at radius 2 is 2.31 bits per heavy atom. The van der Waals surface area contributed by atoms with E-state index < -0.39 is 0 Å². The monoisotopic (exact) mass is 299 g/mol. The number of methoxy groups -OCH3 is 1. The minimum atomic E-state index is -0.0200. The lowest BCUT2D eigenvalue weighted by molar-refractivity contribution is 0.278. The van der Waals surface area contributed by atoms with Gasteiger partial charge in [0.1, 0.15) is 10.8 Å². The zero-order valence-electron chi connectivity index (χ0n) is 8.61. The highest BCUT2D eigenvalue weighted by molar-refractivity contribution is 9.10. The standard InChI is InChI=1S/C11H10BrNO2S/c1-15-10-3-2-7(4-9(10)12)11-13-8(5-14)6-16-11/h2-4,6,14H,5H2,1H3. The number of hydrogen-bond donors (Lipinski definition) is 1. The Morgan fingerprint density at radius 3 is 2.88 bits per heavy atom. The van der Waals surface area contributed by atoms with Crippen LogP contribution in [0, 0.1) is 0 Å². The van der Waals surface area contributed by atoms with Crippen molar-refractivity contribution in [3.8, 4) is 16.3 Å². The highest BCUT2D eigenvalue weighted by Crippen LogP contribution is 2.31. The lowest BCUT2D eigenvalue weighted by Gasteiger charge is -2.04. The highest BCUT2D eigenvalue weighted by atomic mass is 79.9. The van der Waals surface area contributed by atoms with Gasteiger partial charge in [-0.1, -0.05) is 0 Å². The van der Waals surface area contributed by atoms with E-state index in [1.165, 1.54) is 11.3 Å². The third-order valence-electron chi connectivity index (χ3n) is 2.11. The van der Waals surface area contributed by atoms with Gasteiger partial charge in [0, 0.05) is 10.9 Å². The van der Waals surface area contributed by atoms with E-state index in [0.717, 1.165) is 20.8 Å². The summed E-state index contributed by atoms with van der Waals surface area (Å²) in [6, 6.07) is 5.79. The van der Waals surface area contributed by atoms with Gasteiger partial charge in [0.05, 0.1) is 23.9 Å². The molecule has 0 bridgehead atoms. The maximum atomic E-state index is 8.95. The SMILES string of the molecule is COc1ccc(-c2nc(CO)cs2)cc1Br. The fraction of sp³-hybridized carbons (Fsp3) is 0.182. The molecule has 84 valence electrons. The highest BCUT2D eigenvalue weighted by Gasteiger charge is 2.07. The van der Waals surface area contributed by atoms with Crippen molar-refractivity contribution in [1.82, 2.24) is 4.98 Å². The first-order valence-electron chi connectivity index (χ1n) is 4.63. The van der Waals surface area contributed by atoms with Crippen LogP contribution < -0.4 is 4.74 Å². The predicted octanol–water partition coefficient (Wildman–Crippen LogP) is 3.07. The largest absolute Gasteiger partial charge is 0.496 e. The average Bonchev–Trinajstić information content (AvgIpc) is 2.77. The molecule has 0 aliphatic heterocycles. The fourth-order valence-electron chi connectivity index (χ4n) is 1.31. The van der Waals surface area contributed by atoms with Crippen LogP contribution in [0.25, 0.3) is 10.6 Å². The van der Waals surface area contributed by atoms with E-state index in [2.05, 4.69) is 20.9 Å². The van der Waals surface area contributed by atoms with E-state index in [4.69, 9.17) is 9.84 Å². The number of thiazole rings is 1. The van der Waals surface area contributed by atoms with Crippen LogP contribution in [0.3, 0.4) is 0 Å². The molecule has 0 saturated heterocycles. The predicted molar refractivity (Wildman–Crippen MR) is 67.7 cm³/mol. The van der Waals surface area contributed by atoms with Gasteiger partial charge >= 0.3 is 0 Å². The summed E-state index contributed by atoms with van der Waals surface area (Å²) in [6.45, 7) is -0.0200. The van der Waals surface area contributed by atoms with Crippen molar-refractivity contribution >= 4 is 27.3 Å². The molecule has 5 heteroatoms. The molecular formula is C11H10BrNO2S. The Kier molecular flexibility index (Phi) is 3.58. The van der Waals surface area contributed by atoms with E-state index in [-0.39, 0.29) is 6.61 Å². The molecule has 0 atom stereocenters. The Morgan fingerprint density at radius 1 is 1.50 bits per heavy atom. The van der Waals surface area contributed by atoms with Crippen LogP contribution in [0.5, 0.6) is 5.75 Å². The summed E-state index contributed by atoms with van der Waals surface area (Å²) < 4.78 is 6.05. The number of benzene rings is 1. The quantitative estimate of drug-likeness (QED) is 0.947. The van der Waals surface area contributed by atoms with Crippen LogP contribution >= 0.6 is 27.3 Å². The van der Waals surface area contributed by atoms with Crippen molar-refractivity contribution in [3.63, 3.8) is 0 Å². The molecule has 2 aromatic rings. The maximum Gasteiger partial charge on any atom is 0.133 e. The van der Waals surface area contributed by atoms with Crippen LogP contribution in [0.15, 0.2) is 28.1 Å². The molecule has 1 N–H and O–H groups in total. The van der Waals surface area contributed by atoms with Gasteiger partial charge in [0.2, 0.25) is 0 Å². The molecule has 0 aliphatic carbocycles. The van der Waals surface area contributed by atoms with Crippen molar-refractivity contribution in [2.45, 2.75) is 6.61 Å². The lowest BCUT2D eigenvalue weighted by atomic mass is 10.2. The Labute approximate surface area is 106 Å². The molecule has 0 radical (unpaired) electrons. The van der Waals surface area contributed by atoms with Gasteiger partial charge in [0.15, 0.2) is 0 Å². The molecule has 16 heavy (non-hydrogen) atoms. The Hall–Kier alpha value is -0.910. The molecule has 0 fully saturated rings. The Bertz CT molecular complexity index is 498. The smallest absolute Gasteiger partial charge is 0.133 e. The summed E-state index contributed by atoms with van der Waals surface area (Å²) in [5.74, 6) is 0.794. The van der Waals surface area contributed by atoms with Gasteiger partial charge in [-0.15, -0.1) is 11.3 Å². The molecule has 1 heterocycles. The molecular weight excluding hydrogens is 290 g/mol. The number of aromatic nitrogens is 1. The second-order valence-corrected chi connectivity index (χ2v) is 4.86. The molecule has 0 aliphatic rings. The van der Waals surface area contributed by atoms with Gasteiger partial charge in [-0.2, -0.15) is 0 Å². The fourth-order valence-corrected chi connectivity index (χ4v) is 2.66. The summed E-state index contributed by atoms with van der Waals surface area (Å²) in [7, 11) is 1.63. The third kappa shape index (κ3) is 2.26. The summed E-state index contributed by atoms with van der Waals surface area (Å²) in [5.41, 5.74) is 1.71. The number of hydrogen-bond acceptors (Lipinski definition) is 4. The molecule has 2 rings (SSSR count). The number of rotatable bonds is 3. The minimum Gasteiger partial charge on any atom is -0.496 e. The zero-order chi connectivity index (χ0) is 11.5. The van der Waals surface area contributed by atoms with E-state index in [1.807, 2.05) is 23.6 Å². The molecule has 0 spiro atoms. The van der Waals surface area contributed by atoms with Crippen LogP contribution in [0.1, 0.15) is 5.69 Å². The molecule has 0 saturated carbocycles. The van der Waals surface area contributed by atoms with Crippen LogP contribution in [0.2, 0.25) is 0 Å². The first kappa shape index (κ1) is 11.6. The van der Waals surface area contributed by atoms with E-state index in [9.17, 15) is 0 Å². The second kappa shape index (κ2) is 4.95. The topological polar surface area (TPSA) is 42.4 Å². The number of aliphatic hydroxyl groups is 1. The van der Waals surface area contributed by atoms with Crippen molar-refractivity contribution in [2.75, 3.05) is 7.11 Å². The zero-order valence-corrected chi connectivity index (χ0v) is 11.0. The average molecular weight is 300 g/mol. The normalized spacial score (nSPS) is 10.4. The minimum absolute atomic E-state index is 0.0200. The molecule has 1 aromatic carbocycles. The second-order valence-electron chi connectivity index (χ2n) is 3.15. The first-order chi connectivity index (χ1) is 7.74.